The maximum absolute atomic E-state index is 2.34. The Hall–Kier alpha value is -2.08. The largest absolute Gasteiger partial charge is 0.0877 e. The summed E-state index contributed by atoms with van der Waals surface area (Å²) < 4.78 is 0. The second-order valence-corrected chi connectivity index (χ2v) is 5.08. The summed E-state index contributed by atoms with van der Waals surface area (Å²) in [5.74, 6) is 0. The molecule has 0 saturated carbocycles. The van der Waals surface area contributed by atoms with Gasteiger partial charge in [0.05, 0.1) is 0 Å². The Bertz CT molecular complexity index is 672. The smallest absolute Gasteiger partial charge is 0.00132 e. The molecule has 0 aromatic heterocycles. The first-order chi connectivity index (χ1) is 9.29. The van der Waals surface area contributed by atoms with E-state index in [-0.39, 0.29) is 0 Å². The maximum atomic E-state index is 2.34. The summed E-state index contributed by atoms with van der Waals surface area (Å²) >= 11 is 0. The van der Waals surface area contributed by atoms with E-state index in [1.807, 2.05) is 6.92 Å². The topological polar surface area (TPSA) is 0 Å². The second kappa shape index (κ2) is 4.89. The minimum Gasteiger partial charge on any atom is -0.0877 e. The van der Waals surface area contributed by atoms with Crippen molar-refractivity contribution in [1.82, 2.24) is 0 Å². The molecule has 0 aliphatic heterocycles. The summed E-state index contributed by atoms with van der Waals surface area (Å²) in [5.41, 5.74) is 8.39. The predicted octanol–water partition coefficient (Wildman–Crippen LogP) is 5.16. The van der Waals surface area contributed by atoms with Gasteiger partial charge in [0.1, 0.15) is 0 Å². The van der Waals surface area contributed by atoms with E-state index in [9.17, 15) is 0 Å². The fourth-order valence-corrected chi connectivity index (χ4v) is 2.76. The molecule has 3 rings (SSSR count). The van der Waals surface area contributed by atoms with Crippen LogP contribution < -0.4 is 0 Å². The lowest BCUT2D eigenvalue weighted by Crippen LogP contribution is -1.86. The number of benzene rings is 2. The number of hydrogen-bond acceptors (Lipinski definition) is 0. The molecule has 0 saturated heterocycles. The molecule has 0 atom stereocenters. The van der Waals surface area contributed by atoms with E-state index < -0.39 is 0 Å². The first-order valence-corrected chi connectivity index (χ1v) is 6.81. The highest BCUT2D eigenvalue weighted by molar-refractivity contribution is 5.79. The molecule has 1 aliphatic rings. The predicted molar refractivity (Wildman–Crippen MR) is 83.3 cm³/mol. The van der Waals surface area contributed by atoms with E-state index in [1.165, 1.54) is 33.4 Å². The zero-order chi connectivity index (χ0) is 13.2. The molecule has 0 radical (unpaired) electrons. The molecular weight excluding hydrogens is 228 g/mol. The van der Waals surface area contributed by atoms with Crippen LogP contribution in [-0.2, 0) is 6.42 Å². The van der Waals surface area contributed by atoms with Gasteiger partial charge in [0.25, 0.3) is 0 Å². The molecular formula is C19H18. The highest BCUT2D eigenvalue weighted by Gasteiger charge is 2.18. The Kier molecular flexibility index (Phi) is 3.08. The second-order valence-electron chi connectivity index (χ2n) is 5.08. The molecule has 0 amide bonds. The molecule has 0 heteroatoms. The average Bonchev–Trinajstić information content (AvgIpc) is 2.77. The third-order valence-corrected chi connectivity index (χ3v) is 3.76. The average molecular weight is 246 g/mol. The van der Waals surface area contributed by atoms with Crippen LogP contribution in [0, 0.1) is 6.92 Å². The molecule has 0 fully saturated rings. The number of fused-ring (bicyclic) bond motifs is 3. The zero-order valence-corrected chi connectivity index (χ0v) is 11.5. The van der Waals surface area contributed by atoms with Gasteiger partial charge in [0.15, 0.2) is 0 Å². The lowest BCUT2D eigenvalue weighted by molar-refractivity contribution is 1.25. The van der Waals surface area contributed by atoms with E-state index in [0.29, 0.717) is 0 Å². The molecule has 0 nitrogen and oxygen atoms in total. The molecule has 0 unspecified atom stereocenters. The van der Waals surface area contributed by atoms with Crippen molar-refractivity contribution in [3.63, 3.8) is 0 Å². The van der Waals surface area contributed by atoms with Crippen molar-refractivity contribution in [2.45, 2.75) is 20.3 Å². The molecule has 0 bridgehead atoms. The van der Waals surface area contributed by atoms with Crippen molar-refractivity contribution in [2.75, 3.05) is 0 Å². The van der Waals surface area contributed by atoms with Crippen LogP contribution >= 0.6 is 0 Å². The van der Waals surface area contributed by atoms with Crippen LogP contribution in [0.25, 0.3) is 17.2 Å². The summed E-state index contributed by atoms with van der Waals surface area (Å²) in [6, 6.07) is 13.4. The van der Waals surface area contributed by atoms with Crippen molar-refractivity contribution < 1.29 is 0 Å². The van der Waals surface area contributed by atoms with Crippen LogP contribution in [0.1, 0.15) is 29.2 Å². The van der Waals surface area contributed by atoms with E-state index >= 15 is 0 Å². The van der Waals surface area contributed by atoms with Gasteiger partial charge in [-0.15, -0.1) is 0 Å². The van der Waals surface area contributed by atoms with Crippen LogP contribution in [0.3, 0.4) is 0 Å². The quantitative estimate of drug-likeness (QED) is 0.548. The van der Waals surface area contributed by atoms with Crippen molar-refractivity contribution >= 4 is 6.08 Å². The molecule has 19 heavy (non-hydrogen) atoms. The van der Waals surface area contributed by atoms with Gasteiger partial charge in [-0.05, 0) is 53.6 Å². The Morgan fingerprint density at radius 2 is 1.79 bits per heavy atom. The van der Waals surface area contributed by atoms with E-state index in [2.05, 4.69) is 67.6 Å². The number of rotatable bonds is 2. The van der Waals surface area contributed by atoms with Crippen molar-refractivity contribution in [2.24, 2.45) is 0 Å². The van der Waals surface area contributed by atoms with Gasteiger partial charge in [0, 0.05) is 0 Å². The van der Waals surface area contributed by atoms with Gasteiger partial charge >= 0.3 is 0 Å². The van der Waals surface area contributed by atoms with Crippen molar-refractivity contribution in [1.29, 1.82) is 0 Å². The maximum Gasteiger partial charge on any atom is -0.00132 e. The Morgan fingerprint density at radius 1 is 0.947 bits per heavy atom. The first kappa shape index (κ1) is 12.0. The molecule has 0 N–H and O–H groups in total. The van der Waals surface area contributed by atoms with Crippen LogP contribution in [0.4, 0.5) is 0 Å². The lowest BCUT2D eigenvalue weighted by Gasteiger charge is -2.06. The number of hydrogen-bond donors (Lipinski definition) is 0. The SMILES string of the molecule is CC=CC=Cc1cc2c(cc1C)-c1ccccc1C2. The highest BCUT2D eigenvalue weighted by atomic mass is 14.2. The third-order valence-electron chi connectivity index (χ3n) is 3.76. The molecule has 0 spiro atoms. The van der Waals surface area contributed by atoms with Crippen LogP contribution in [0.15, 0.2) is 54.6 Å². The lowest BCUT2D eigenvalue weighted by atomic mass is 9.98. The van der Waals surface area contributed by atoms with Gasteiger partial charge < -0.3 is 0 Å². The minimum atomic E-state index is 1.07. The molecule has 1 aliphatic carbocycles. The van der Waals surface area contributed by atoms with Gasteiger partial charge in [-0.2, -0.15) is 0 Å². The third kappa shape index (κ3) is 2.15. The van der Waals surface area contributed by atoms with Crippen LogP contribution in [-0.4, -0.2) is 0 Å². The van der Waals surface area contributed by atoms with E-state index in [4.69, 9.17) is 0 Å². The summed E-state index contributed by atoms with van der Waals surface area (Å²) in [6.07, 6.45) is 9.49. The zero-order valence-electron chi connectivity index (χ0n) is 11.5. The summed E-state index contributed by atoms with van der Waals surface area (Å²) in [5, 5.41) is 0. The first-order valence-electron chi connectivity index (χ1n) is 6.81. The Morgan fingerprint density at radius 3 is 2.63 bits per heavy atom. The summed E-state index contributed by atoms with van der Waals surface area (Å²) in [4.78, 5) is 0. The molecule has 2 aromatic carbocycles. The van der Waals surface area contributed by atoms with Gasteiger partial charge in [0.2, 0.25) is 0 Å². The van der Waals surface area contributed by atoms with E-state index in [0.717, 1.165) is 6.42 Å². The van der Waals surface area contributed by atoms with Gasteiger partial charge in [-0.3, -0.25) is 0 Å². The molecule has 2 aromatic rings. The number of aryl methyl sites for hydroxylation is 1. The van der Waals surface area contributed by atoms with Gasteiger partial charge in [-0.25, -0.2) is 0 Å². The fourth-order valence-electron chi connectivity index (χ4n) is 2.76. The molecule has 94 valence electrons. The highest BCUT2D eigenvalue weighted by Crippen LogP contribution is 2.38. The Labute approximate surface area is 115 Å². The normalized spacial score (nSPS) is 13.2. The monoisotopic (exact) mass is 246 g/mol. The van der Waals surface area contributed by atoms with Crippen LogP contribution in [0.5, 0.6) is 0 Å². The number of allylic oxidation sites excluding steroid dienone is 3. The summed E-state index contributed by atoms with van der Waals surface area (Å²) in [6.45, 7) is 4.23. The van der Waals surface area contributed by atoms with Crippen molar-refractivity contribution in [3.8, 4) is 11.1 Å². The van der Waals surface area contributed by atoms with Gasteiger partial charge in [-0.1, -0.05) is 60.7 Å². The van der Waals surface area contributed by atoms with Crippen molar-refractivity contribution in [3.05, 3.63) is 76.9 Å². The Balaban J connectivity index is 2.06. The van der Waals surface area contributed by atoms with Crippen LogP contribution in [0.2, 0.25) is 0 Å². The standard InChI is InChI=1S/C19H18/c1-3-4-5-8-15-12-17-13-16-9-6-7-10-18(16)19(17)11-14(15)2/h3-12H,13H2,1-2H3. The minimum absolute atomic E-state index is 1.07. The fraction of sp³-hybridized carbons (Fsp3) is 0.158. The van der Waals surface area contributed by atoms with E-state index in [1.54, 1.807) is 0 Å². The molecule has 0 heterocycles. The summed E-state index contributed by atoms with van der Waals surface area (Å²) in [7, 11) is 0.